The zero-order chi connectivity index (χ0) is 19.7. The number of likely N-dealkylation sites (tertiary alicyclic amines) is 1. The second-order valence-electron chi connectivity index (χ2n) is 7.13. The van der Waals surface area contributed by atoms with Crippen molar-refractivity contribution in [2.75, 3.05) is 20.2 Å². The number of benzene rings is 1. The third kappa shape index (κ3) is 4.50. The molecule has 1 aliphatic heterocycles. The largest absolute Gasteiger partial charge is 0.396 e. The van der Waals surface area contributed by atoms with Crippen molar-refractivity contribution >= 4 is 0 Å². The summed E-state index contributed by atoms with van der Waals surface area (Å²) in [4.78, 5) is 6.29. The first kappa shape index (κ1) is 19.8. The lowest BCUT2D eigenvalue weighted by atomic mass is 9.89. The van der Waals surface area contributed by atoms with Crippen molar-refractivity contribution in [3.05, 3.63) is 47.1 Å². The van der Waals surface area contributed by atoms with Crippen molar-refractivity contribution in [3.63, 3.8) is 0 Å². The SMILES string of the molecule is COC1(c2nc(CC(F)(F)F)no2)CCN(C(C)c2cccc(C)c2)CC1. The molecule has 1 fully saturated rings. The van der Waals surface area contributed by atoms with Crippen molar-refractivity contribution in [3.8, 4) is 0 Å². The van der Waals surface area contributed by atoms with E-state index in [4.69, 9.17) is 9.26 Å². The number of hydrogen-bond acceptors (Lipinski definition) is 5. The van der Waals surface area contributed by atoms with Gasteiger partial charge in [-0.1, -0.05) is 35.0 Å². The second-order valence-corrected chi connectivity index (χ2v) is 7.13. The molecular formula is C19H24F3N3O2. The second kappa shape index (κ2) is 7.59. The lowest BCUT2D eigenvalue weighted by molar-refractivity contribution is -0.128. The van der Waals surface area contributed by atoms with E-state index in [0.717, 1.165) is 13.1 Å². The molecule has 1 aliphatic rings. The zero-order valence-electron chi connectivity index (χ0n) is 15.7. The number of aryl methyl sites for hydroxylation is 1. The Morgan fingerprint density at radius 2 is 2.00 bits per heavy atom. The normalized spacial score (nSPS) is 19.2. The first-order valence-electron chi connectivity index (χ1n) is 8.98. The third-order valence-corrected chi connectivity index (χ3v) is 5.29. The van der Waals surface area contributed by atoms with Gasteiger partial charge in [-0.05, 0) is 32.3 Å². The van der Waals surface area contributed by atoms with E-state index in [0.29, 0.717) is 12.8 Å². The van der Waals surface area contributed by atoms with Crippen LogP contribution in [0.15, 0.2) is 28.8 Å². The summed E-state index contributed by atoms with van der Waals surface area (Å²) >= 11 is 0. The van der Waals surface area contributed by atoms with Gasteiger partial charge in [-0.3, -0.25) is 4.90 Å². The first-order valence-corrected chi connectivity index (χ1v) is 8.98. The zero-order valence-corrected chi connectivity index (χ0v) is 15.7. The Kier molecular flexibility index (Phi) is 5.58. The van der Waals surface area contributed by atoms with E-state index < -0.39 is 18.2 Å². The molecule has 5 nitrogen and oxygen atoms in total. The van der Waals surface area contributed by atoms with E-state index >= 15 is 0 Å². The topological polar surface area (TPSA) is 51.4 Å². The smallest absolute Gasteiger partial charge is 0.368 e. The number of methoxy groups -OCH3 is 1. The molecule has 0 bridgehead atoms. The Morgan fingerprint density at radius 3 is 2.59 bits per heavy atom. The summed E-state index contributed by atoms with van der Waals surface area (Å²) in [6.45, 7) is 5.67. The van der Waals surface area contributed by atoms with Gasteiger partial charge in [-0.15, -0.1) is 0 Å². The Morgan fingerprint density at radius 1 is 1.30 bits per heavy atom. The number of rotatable bonds is 5. The van der Waals surface area contributed by atoms with Crippen LogP contribution in [-0.4, -0.2) is 41.4 Å². The van der Waals surface area contributed by atoms with E-state index in [-0.39, 0.29) is 17.8 Å². The summed E-state index contributed by atoms with van der Waals surface area (Å²) in [5.74, 6) is -0.225. The highest BCUT2D eigenvalue weighted by Crippen LogP contribution is 2.38. The predicted molar refractivity (Wildman–Crippen MR) is 93.1 cm³/mol. The quantitative estimate of drug-likeness (QED) is 0.775. The summed E-state index contributed by atoms with van der Waals surface area (Å²) in [5.41, 5.74) is 1.62. The van der Waals surface area contributed by atoms with Gasteiger partial charge in [0.15, 0.2) is 5.82 Å². The van der Waals surface area contributed by atoms with E-state index in [1.54, 1.807) is 0 Å². The van der Waals surface area contributed by atoms with Crippen LogP contribution in [0.5, 0.6) is 0 Å². The molecule has 1 atom stereocenters. The molecule has 0 spiro atoms. The maximum atomic E-state index is 12.5. The average molecular weight is 383 g/mol. The standard InChI is InChI=1S/C19H24F3N3O2/c1-13-5-4-6-15(11-13)14(2)25-9-7-18(26-3,8-10-25)17-23-16(24-27-17)12-19(20,21)22/h4-6,11,14H,7-10,12H2,1-3H3. The van der Waals surface area contributed by atoms with Crippen LogP contribution in [0.25, 0.3) is 0 Å². The van der Waals surface area contributed by atoms with Crippen molar-refractivity contribution in [1.29, 1.82) is 0 Å². The van der Waals surface area contributed by atoms with E-state index in [2.05, 4.69) is 47.1 Å². The van der Waals surface area contributed by atoms with Crippen molar-refractivity contribution in [2.24, 2.45) is 0 Å². The molecule has 27 heavy (non-hydrogen) atoms. The maximum Gasteiger partial charge on any atom is 0.396 e. The highest BCUT2D eigenvalue weighted by Gasteiger charge is 2.43. The molecule has 1 unspecified atom stereocenters. The molecule has 0 radical (unpaired) electrons. The van der Waals surface area contributed by atoms with Gasteiger partial charge < -0.3 is 9.26 Å². The van der Waals surface area contributed by atoms with Gasteiger partial charge in [0.2, 0.25) is 0 Å². The molecule has 2 heterocycles. The number of ether oxygens (including phenoxy) is 1. The fourth-order valence-corrected chi connectivity index (χ4v) is 3.61. The van der Waals surface area contributed by atoms with Crippen LogP contribution in [0.3, 0.4) is 0 Å². The molecule has 1 aromatic heterocycles. The van der Waals surface area contributed by atoms with Gasteiger partial charge in [0.1, 0.15) is 12.0 Å². The molecular weight excluding hydrogens is 359 g/mol. The minimum absolute atomic E-state index is 0.132. The van der Waals surface area contributed by atoms with Gasteiger partial charge in [0.05, 0.1) is 0 Å². The third-order valence-electron chi connectivity index (χ3n) is 5.29. The molecule has 2 aromatic rings. The minimum atomic E-state index is -4.37. The minimum Gasteiger partial charge on any atom is -0.368 e. The number of piperidine rings is 1. The number of aromatic nitrogens is 2. The molecule has 1 saturated heterocycles. The summed E-state index contributed by atoms with van der Waals surface area (Å²) in [6.07, 6.45) is -4.42. The van der Waals surface area contributed by atoms with E-state index in [1.165, 1.54) is 18.2 Å². The molecule has 3 rings (SSSR count). The van der Waals surface area contributed by atoms with Gasteiger partial charge in [0.25, 0.3) is 5.89 Å². The Balaban J connectivity index is 1.70. The molecule has 0 N–H and O–H groups in total. The molecule has 1 aromatic carbocycles. The number of alkyl halides is 3. The van der Waals surface area contributed by atoms with Crippen molar-refractivity contribution < 1.29 is 22.4 Å². The number of halogens is 3. The predicted octanol–water partition coefficient (Wildman–Crippen LogP) is 4.18. The molecule has 148 valence electrons. The Labute approximate surface area is 156 Å². The molecule has 0 amide bonds. The van der Waals surface area contributed by atoms with Crippen LogP contribution in [0.2, 0.25) is 0 Å². The van der Waals surface area contributed by atoms with Crippen molar-refractivity contribution in [2.45, 2.75) is 50.9 Å². The number of nitrogens with zero attached hydrogens (tertiary/aromatic N) is 3. The molecule has 0 aliphatic carbocycles. The fourth-order valence-electron chi connectivity index (χ4n) is 3.61. The monoisotopic (exact) mass is 383 g/mol. The van der Waals surface area contributed by atoms with E-state index in [9.17, 15) is 13.2 Å². The highest BCUT2D eigenvalue weighted by molar-refractivity contribution is 5.25. The Hall–Kier alpha value is -1.93. The first-order chi connectivity index (χ1) is 12.7. The lowest BCUT2D eigenvalue weighted by Crippen LogP contribution is -2.44. The summed E-state index contributed by atoms with van der Waals surface area (Å²) in [5, 5.41) is 3.48. The van der Waals surface area contributed by atoms with Crippen molar-refractivity contribution in [1.82, 2.24) is 15.0 Å². The van der Waals surface area contributed by atoms with Gasteiger partial charge in [-0.25, -0.2) is 0 Å². The number of hydrogen-bond donors (Lipinski definition) is 0. The van der Waals surface area contributed by atoms with Crippen LogP contribution in [0.1, 0.15) is 48.6 Å². The summed E-state index contributed by atoms with van der Waals surface area (Å²) < 4.78 is 48.4. The fraction of sp³-hybridized carbons (Fsp3) is 0.579. The van der Waals surface area contributed by atoms with Gasteiger partial charge in [0, 0.05) is 26.2 Å². The lowest BCUT2D eigenvalue weighted by Gasteiger charge is -2.41. The highest BCUT2D eigenvalue weighted by atomic mass is 19.4. The van der Waals surface area contributed by atoms with Crippen LogP contribution in [-0.2, 0) is 16.8 Å². The molecule has 8 heteroatoms. The average Bonchev–Trinajstić information content (AvgIpc) is 3.08. The summed E-state index contributed by atoms with van der Waals surface area (Å²) in [7, 11) is 1.53. The van der Waals surface area contributed by atoms with Gasteiger partial charge >= 0.3 is 6.18 Å². The Bertz CT molecular complexity index is 768. The molecule has 0 saturated carbocycles. The van der Waals surface area contributed by atoms with Crippen LogP contribution in [0.4, 0.5) is 13.2 Å². The summed E-state index contributed by atoms with van der Waals surface area (Å²) in [6, 6.07) is 8.63. The van der Waals surface area contributed by atoms with E-state index in [1.807, 2.05) is 6.07 Å². The van der Waals surface area contributed by atoms with Crippen LogP contribution in [0, 0.1) is 6.92 Å². The maximum absolute atomic E-state index is 12.5. The van der Waals surface area contributed by atoms with Gasteiger partial charge in [-0.2, -0.15) is 18.2 Å². The van der Waals surface area contributed by atoms with Crippen LogP contribution < -0.4 is 0 Å². The van der Waals surface area contributed by atoms with Crippen LogP contribution >= 0.6 is 0 Å².